The lowest BCUT2D eigenvalue weighted by Crippen LogP contribution is -2.37. The number of halogens is 3. The third-order valence-electron chi connectivity index (χ3n) is 2.24. The lowest BCUT2D eigenvalue weighted by atomic mass is 10.3. The minimum Gasteiger partial charge on any atom is -0.484 e. The summed E-state index contributed by atoms with van der Waals surface area (Å²) in [6.07, 6.45) is 0. The molecule has 0 fully saturated rings. The first-order chi connectivity index (χ1) is 8.67. The highest BCUT2D eigenvalue weighted by molar-refractivity contribution is 6.30. The van der Waals surface area contributed by atoms with Gasteiger partial charge in [-0.15, -0.1) is 23.2 Å². The lowest BCUT2D eigenvalue weighted by molar-refractivity contribution is -0.132. The summed E-state index contributed by atoms with van der Waals surface area (Å²) < 4.78 is 5.36. The summed E-state index contributed by atoms with van der Waals surface area (Å²) in [5.74, 6) is 1.23. The number of carbonyl (C=O) groups is 1. The molecule has 0 saturated heterocycles. The van der Waals surface area contributed by atoms with Crippen molar-refractivity contribution in [1.29, 1.82) is 0 Å². The van der Waals surface area contributed by atoms with Crippen molar-refractivity contribution < 1.29 is 9.53 Å². The Morgan fingerprint density at radius 1 is 1.11 bits per heavy atom. The van der Waals surface area contributed by atoms with Crippen molar-refractivity contribution in [3.63, 3.8) is 0 Å². The van der Waals surface area contributed by atoms with Gasteiger partial charge in [-0.05, 0) is 24.3 Å². The van der Waals surface area contributed by atoms with Crippen molar-refractivity contribution in [2.24, 2.45) is 0 Å². The summed E-state index contributed by atoms with van der Waals surface area (Å²) >= 11 is 17.0. The predicted molar refractivity (Wildman–Crippen MR) is 75.0 cm³/mol. The van der Waals surface area contributed by atoms with Crippen LogP contribution in [0.2, 0.25) is 5.02 Å². The molecule has 1 aromatic rings. The van der Waals surface area contributed by atoms with Crippen LogP contribution in [0.4, 0.5) is 0 Å². The molecule has 0 N–H and O–H groups in total. The van der Waals surface area contributed by atoms with Gasteiger partial charge in [0.25, 0.3) is 5.91 Å². The third-order valence-corrected chi connectivity index (χ3v) is 2.83. The Kier molecular flexibility index (Phi) is 7.25. The van der Waals surface area contributed by atoms with Gasteiger partial charge in [-0.2, -0.15) is 0 Å². The van der Waals surface area contributed by atoms with E-state index in [1.807, 2.05) is 0 Å². The summed E-state index contributed by atoms with van der Waals surface area (Å²) in [6, 6.07) is 6.83. The lowest BCUT2D eigenvalue weighted by Gasteiger charge is -2.20. The summed E-state index contributed by atoms with van der Waals surface area (Å²) in [5.41, 5.74) is 0. The maximum atomic E-state index is 11.8. The molecule has 0 radical (unpaired) electrons. The highest BCUT2D eigenvalue weighted by Crippen LogP contribution is 2.15. The molecule has 0 aliphatic carbocycles. The monoisotopic (exact) mass is 309 g/mol. The van der Waals surface area contributed by atoms with Crippen LogP contribution in [0, 0.1) is 0 Å². The molecule has 0 aromatic heterocycles. The molecule has 0 spiro atoms. The van der Waals surface area contributed by atoms with Crippen LogP contribution in [0.15, 0.2) is 24.3 Å². The number of alkyl halides is 2. The molecule has 0 bridgehead atoms. The van der Waals surface area contributed by atoms with Gasteiger partial charge in [0, 0.05) is 29.9 Å². The van der Waals surface area contributed by atoms with Gasteiger partial charge >= 0.3 is 0 Å². The number of nitrogens with zero attached hydrogens (tertiary/aromatic N) is 1. The van der Waals surface area contributed by atoms with Crippen LogP contribution in [0.5, 0.6) is 5.75 Å². The zero-order chi connectivity index (χ0) is 13.4. The van der Waals surface area contributed by atoms with Crippen molar-refractivity contribution in [3.05, 3.63) is 29.3 Å². The van der Waals surface area contributed by atoms with Gasteiger partial charge in [-0.3, -0.25) is 4.79 Å². The second-order valence-corrected chi connectivity index (χ2v) is 4.69. The maximum absolute atomic E-state index is 11.8. The minimum atomic E-state index is -0.133. The Labute approximate surface area is 122 Å². The average molecular weight is 311 g/mol. The zero-order valence-corrected chi connectivity index (χ0v) is 12.0. The standard InChI is InChI=1S/C12H14Cl3NO2/c13-5-7-16(8-6-14)12(17)9-18-11-3-1-10(15)2-4-11/h1-4H,5-9H2. The van der Waals surface area contributed by atoms with Crippen LogP contribution < -0.4 is 4.74 Å². The first-order valence-corrected chi connectivity index (χ1v) is 6.90. The van der Waals surface area contributed by atoms with E-state index < -0.39 is 0 Å². The normalized spacial score (nSPS) is 10.2. The summed E-state index contributed by atoms with van der Waals surface area (Å²) in [7, 11) is 0. The van der Waals surface area contributed by atoms with Crippen molar-refractivity contribution in [3.8, 4) is 5.75 Å². The van der Waals surface area contributed by atoms with E-state index in [9.17, 15) is 4.79 Å². The van der Waals surface area contributed by atoms with Gasteiger partial charge in [0.05, 0.1) is 0 Å². The van der Waals surface area contributed by atoms with E-state index in [4.69, 9.17) is 39.5 Å². The Morgan fingerprint density at radius 2 is 1.67 bits per heavy atom. The fourth-order valence-electron chi connectivity index (χ4n) is 1.33. The highest BCUT2D eigenvalue weighted by Gasteiger charge is 2.12. The molecular formula is C12H14Cl3NO2. The van der Waals surface area contributed by atoms with Crippen LogP contribution in [0.25, 0.3) is 0 Å². The molecule has 1 aromatic carbocycles. The molecule has 3 nitrogen and oxygen atoms in total. The number of benzene rings is 1. The summed E-state index contributed by atoms with van der Waals surface area (Å²) in [6.45, 7) is 0.906. The molecule has 0 atom stereocenters. The number of hydrogen-bond donors (Lipinski definition) is 0. The van der Waals surface area contributed by atoms with Gasteiger partial charge in [0.1, 0.15) is 5.75 Å². The van der Waals surface area contributed by atoms with Crippen LogP contribution in [0.1, 0.15) is 0 Å². The number of amides is 1. The van der Waals surface area contributed by atoms with Gasteiger partial charge < -0.3 is 9.64 Å². The Bertz CT molecular complexity index is 364. The highest BCUT2D eigenvalue weighted by atomic mass is 35.5. The Hall–Kier alpha value is -0.640. The van der Waals surface area contributed by atoms with E-state index in [1.165, 1.54) is 0 Å². The van der Waals surface area contributed by atoms with E-state index in [2.05, 4.69) is 0 Å². The second-order valence-electron chi connectivity index (χ2n) is 3.50. The van der Waals surface area contributed by atoms with Crippen LogP contribution in [0.3, 0.4) is 0 Å². The van der Waals surface area contributed by atoms with Crippen molar-refractivity contribution in [2.75, 3.05) is 31.5 Å². The third kappa shape index (κ3) is 5.34. The summed E-state index contributed by atoms with van der Waals surface area (Å²) in [4.78, 5) is 13.4. The quantitative estimate of drug-likeness (QED) is 0.725. The van der Waals surface area contributed by atoms with Gasteiger partial charge in [0.2, 0.25) is 0 Å². The number of hydrogen-bond acceptors (Lipinski definition) is 2. The van der Waals surface area contributed by atoms with Gasteiger partial charge in [-0.1, -0.05) is 11.6 Å². The Balaban J connectivity index is 2.45. The molecule has 100 valence electrons. The molecule has 0 heterocycles. The fraction of sp³-hybridized carbons (Fsp3) is 0.417. The molecule has 0 aliphatic rings. The first kappa shape index (κ1) is 15.4. The molecule has 18 heavy (non-hydrogen) atoms. The molecule has 1 rings (SSSR count). The Morgan fingerprint density at radius 3 is 2.17 bits per heavy atom. The SMILES string of the molecule is O=C(COc1ccc(Cl)cc1)N(CCCl)CCCl. The zero-order valence-electron chi connectivity index (χ0n) is 9.74. The van der Waals surface area contributed by atoms with Crippen LogP contribution in [-0.2, 0) is 4.79 Å². The van der Waals surface area contributed by atoms with Crippen LogP contribution >= 0.6 is 34.8 Å². The largest absolute Gasteiger partial charge is 0.484 e. The van der Waals surface area contributed by atoms with Crippen molar-refractivity contribution in [2.45, 2.75) is 0 Å². The fourth-order valence-corrected chi connectivity index (χ4v) is 1.87. The number of ether oxygens (including phenoxy) is 1. The maximum Gasteiger partial charge on any atom is 0.260 e. The second kappa shape index (κ2) is 8.46. The molecule has 0 unspecified atom stereocenters. The average Bonchev–Trinajstić information content (AvgIpc) is 2.37. The van der Waals surface area contributed by atoms with Crippen LogP contribution in [-0.4, -0.2) is 42.3 Å². The van der Waals surface area contributed by atoms with E-state index in [0.717, 1.165) is 0 Å². The number of rotatable bonds is 7. The van der Waals surface area contributed by atoms with E-state index in [1.54, 1.807) is 29.2 Å². The van der Waals surface area contributed by atoms with E-state index >= 15 is 0 Å². The first-order valence-electron chi connectivity index (χ1n) is 5.45. The summed E-state index contributed by atoms with van der Waals surface area (Å²) in [5, 5.41) is 0.625. The molecule has 0 saturated carbocycles. The molecular weight excluding hydrogens is 296 g/mol. The smallest absolute Gasteiger partial charge is 0.260 e. The molecule has 6 heteroatoms. The minimum absolute atomic E-state index is 0.0323. The molecule has 1 amide bonds. The van der Waals surface area contributed by atoms with Crippen molar-refractivity contribution in [1.82, 2.24) is 4.90 Å². The predicted octanol–water partition coefficient (Wildman–Crippen LogP) is 3.03. The van der Waals surface area contributed by atoms with E-state index in [0.29, 0.717) is 35.6 Å². The topological polar surface area (TPSA) is 29.5 Å². The molecule has 0 aliphatic heterocycles. The van der Waals surface area contributed by atoms with Crippen molar-refractivity contribution >= 4 is 40.7 Å². The number of carbonyl (C=O) groups excluding carboxylic acids is 1. The van der Waals surface area contributed by atoms with E-state index in [-0.39, 0.29) is 12.5 Å². The van der Waals surface area contributed by atoms with Gasteiger partial charge in [-0.25, -0.2) is 0 Å². The van der Waals surface area contributed by atoms with Gasteiger partial charge in [0.15, 0.2) is 6.61 Å².